The summed E-state index contributed by atoms with van der Waals surface area (Å²) in [7, 11) is 3.22. The highest BCUT2D eigenvalue weighted by Crippen LogP contribution is 2.27. The van der Waals surface area contributed by atoms with Crippen molar-refractivity contribution in [3.63, 3.8) is 0 Å². The summed E-state index contributed by atoms with van der Waals surface area (Å²) in [4.78, 5) is 16.3. The van der Waals surface area contributed by atoms with E-state index in [-0.39, 0.29) is 5.56 Å². The van der Waals surface area contributed by atoms with Crippen molar-refractivity contribution in [2.75, 3.05) is 31.4 Å². The maximum atomic E-state index is 13.2. The van der Waals surface area contributed by atoms with E-state index in [1.165, 1.54) is 18.2 Å². The Labute approximate surface area is 168 Å². The first-order chi connectivity index (χ1) is 14.1. The van der Waals surface area contributed by atoms with Crippen molar-refractivity contribution in [2.45, 2.75) is 6.42 Å². The molecule has 1 heterocycles. The van der Waals surface area contributed by atoms with E-state index in [9.17, 15) is 9.18 Å². The lowest BCUT2D eigenvalue weighted by atomic mass is 10.1. The minimum absolute atomic E-state index is 0.240. The lowest BCUT2D eigenvalue weighted by Crippen LogP contribution is -2.13. The Morgan fingerprint density at radius 2 is 1.86 bits per heavy atom. The lowest BCUT2D eigenvalue weighted by molar-refractivity contribution is 0.102. The van der Waals surface area contributed by atoms with E-state index >= 15 is 0 Å². The zero-order valence-corrected chi connectivity index (χ0v) is 16.2. The summed E-state index contributed by atoms with van der Waals surface area (Å²) in [6.45, 7) is 0.701. The van der Waals surface area contributed by atoms with Crippen LogP contribution in [0.4, 0.5) is 15.9 Å². The molecule has 0 aliphatic rings. The van der Waals surface area contributed by atoms with Gasteiger partial charge in [-0.05, 0) is 54.4 Å². The Balaban J connectivity index is 1.52. The van der Waals surface area contributed by atoms with Gasteiger partial charge in [-0.15, -0.1) is 0 Å². The minimum atomic E-state index is -0.459. The lowest BCUT2D eigenvalue weighted by Gasteiger charge is -2.11. The van der Waals surface area contributed by atoms with Crippen LogP contribution in [0.1, 0.15) is 15.9 Å². The number of nitrogens with zero attached hydrogens (tertiary/aromatic N) is 1. The third-order valence-corrected chi connectivity index (χ3v) is 4.28. The van der Waals surface area contributed by atoms with Gasteiger partial charge >= 0.3 is 0 Å². The van der Waals surface area contributed by atoms with Crippen LogP contribution in [0, 0.1) is 5.82 Å². The third kappa shape index (κ3) is 5.44. The topological polar surface area (TPSA) is 72.5 Å². The first kappa shape index (κ1) is 20.1. The number of anilines is 2. The molecule has 1 amide bonds. The van der Waals surface area contributed by atoms with Crippen molar-refractivity contribution < 1.29 is 18.7 Å². The molecule has 7 heteroatoms. The summed E-state index contributed by atoms with van der Waals surface area (Å²) in [5, 5.41) is 5.93. The molecular weight excluding hydrogens is 373 g/mol. The predicted molar refractivity (Wildman–Crippen MR) is 110 cm³/mol. The number of methoxy groups -OCH3 is 2. The van der Waals surface area contributed by atoms with E-state index in [0.717, 1.165) is 17.7 Å². The largest absolute Gasteiger partial charge is 0.493 e. The summed E-state index contributed by atoms with van der Waals surface area (Å²) in [6.07, 6.45) is 2.42. The van der Waals surface area contributed by atoms with Crippen molar-refractivity contribution in [1.29, 1.82) is 0 Å². The van der Waals surface area contributed by atoms with Gasteiger partial charge in [0.15, 0.2) is 11.5 Å². The first-order valence-corrected chi connectivity index (χ1v) is 9.07. The highest BCUT2D eigenvalue weighted by atomic mass is 19.1. The van der Waals surface area contributed by atoms with E-state index in [4.69, 9.17) is 9.47 Å². The van der Waals surface area contributed by atoms with Gasteiger partial charge in [-0.25, -0.2) is 9.37 Å². The van der Waals surface area contributed by atoms with Crippen molar-refractivity contribution in [1.82, 2.24) is 4.98 Å². The number of rotatable bonds is 8. The molecule has 0 unspecified atom stereocenters. The highest BCUT2D eigenvalue weighted by Gasteiger charge is 2.08. The van der Waals surface area contributed by atoms with Crippen LogP contribution in [0.3, 0.4) is 0 Å². The molecule has 0 atom stereocenters. The molecule has 29 heavy (non-hydrogen) atoms. The Morgan fingerprint density at radius 1 is 1.03 bits per heavy atom. The van der Waals surface area contributed by atoms with Gasteiger partial charge < -0.3 is 20.1 Å². The molecule has 0 spiro atoms. The minimum Gasteiger partial charge on any atom is -0.493 e. The second-order valence-electron chi connectivity index (χ2n) is 6.26. The number of hydrogen-bond acceptors (Lipinski definition) is 5. The van der Waals surface area contributed by atoms with Gasteiger partial charge in [-0.1, -0.05) is 12.1 Å². The van der Waals surface area contributed by atoms with Crippen molar-refractivity contribution >= 4 is 17.4 Å². The van der Waals surface area contributed by atoms with Crippen LogP contribution >= 0.6 is 0 Å². The van der Waals surface area contributed by atoms with Gasteiger partial charge in [-0.3, -0.25) is 4.79 Å². The summed E-state index contributed by atoms with van der Waals surface area (Å²) < 4.78 is 23.8. The second kappa shape index (κ2) is 9.54. The monoisotopic (exact) mass is 395 g/mol. The van der Waals surface area contributed by atoms with E-state index in [1.807, 2.05) is 24.3 Å². The molecule has 2 aromatic carbocycles. The summed E-state index contributed by atoms with van der Waals surface area (Å²) in [5.74, 6) is 0.921. The number of hydrogen-bond donors (Lipinski definition) is 2. The smallest absolute Gasteiger partial charge is 0.256 e. The second-order valence-corrected chi connectivity index (χ2v) is 6.26. The molecule has 0 aliphatic carbocycles. The molecule has 1 aromatic heterocycles. The van der Waals surface area contributed by atoms with Gasteiger partial charge in [0.25, 0.3) is 5.91 Å². The Kier molecular flexibility index (Phi) is 6.63. The molecule has 150 valence electrons. The summed E-state index contributed by atoms with van der Waals surface area (Å²) in [5.41, 5.74) is 2.18. The van der Waals surface area contributed by atoms with Gasteiger partial charge in [0.2, 0.25) is 0 Å². The van der Waals surface area contributed by atoms with Gasteiger partial charge in [0.1, 0.15) is 11.6 Å². The van der Waals surface area contributed by atoms with Gasteiger partial charge in [0, 0.05) is 12.1 Å². The average Bonchev–Trinajstić information content (AvgIpc) is 2.74. The maximum absolute atomic E-state index is 13.2. The maximum Gasteiger partial charge on any atom is 0.256 e. The fourth-order valence-corrected chi connectivity index (χ4v) is 2.78. The molecule has 0 radical (unpaired) electrons. The fourth-order valence-electron chi connectivity index (χ4n) is 2.78. The number of carbonyl (C=O) groups excluding carboxylic acids is 1. The van der Waals surface area contributed by atoms with Gasteiger partial charge in [0.05, 0.1) is 26.1 Å². The molecule has 6 nitrogen and oxygen atoms in total. The fraction of sp³-hybridized carbons (Fsp3) is 0.182. The average molecular weight is 395 g/mol. The predicted octanol–water partition coefficient (Wildman–Crippen LogP) is 4.14. The summed E-state index contributed by atoms with van der Waals surface area (Å²) >= 11 is 0. The van der Waals surface area contributed by atoms with E-state index < -0.39 is 11.7 Å². The Morgan fingerprint density at radius 3 is 2.55 bits per heavy atom. The van der Waals surface area contributed by atoms with Crippen LogP contribution in [-0.4, -0.2) is 31.7 Å². The SMILES string of the molecule is COc1ccc(CCNc2ccc(NC(=O)c3cccc(F)c3)nc2)cc1OC. The molecule has 0 fully saturated rings. The molecule has 0 bridgehead atoms. The number of amides is 1. The van der Waals surface area contributed by atoms with Crippen LogP contribution in [0.15, 0.2) is 60.8 Å². The quantitative estimate of drug-likeness (QED) is 0.600. The number of halogens is 1. The van der Waals surface area contributed by atoms with Crippen LogP contribution < -0.4 is 20.1 Å². The molecule has 2 N–H and O–H groups in total. The molecule has 0 saturated carbocycles. The van der Waals surface area contributed by atoms with E-state index in [1.54, 1.807) is 32.5 Å². The van der Waals surface area contributed by atoms with Crippen LogP contribution in [0.2, 0.25) is 0 Å². The number of pyridine rings is 1. The van der Waals surface area contributed by atoms with Crippen molar-refractivity contribution in [2.24, 2.45) is 0 Å². The number of carbonyl (C=O) groups is 1. The van der Waals surface area contributed by atoms with E-state index in [2.05, 4.69) is 15.6 Å². The highest BCUT2D eigenvalue weighted by molar-refractivity contribution is 6.03. The summed E-state index contributed by atoms with van der Waals surface area (Å²) in [6, 6.07) is 14.8. The zero-order chi connectivity index (χ0) is 20.6. The molecule has 0 aliphatic heterocycles. The third-order valence-electron chi connectivity index (χ3n) is 4.28. The van der Waals surface area contributed by atoms with Crippen LogP contribution in [-0.2, 0) is 6.42 Å². The Bertz CT molecular complexity index is 977. The van der Waals surface area contributed by atoms with Crippen LogP contribution in [0.25, 0.3) is 0 Å². The molecule has 3 aromatic rings. The van der Waals surface area contributed by atoms with E-state index in [0.29, 0.717) is 23.9 Å². The first-order valence-electron chi connectivity index (χ1n) is 9.07. The van der Waals surface area contributed by atoms with Crippen molar-refractivity contribution in [3.8, 4) is 11.5 Å². The number of benzene rings is 2. The number of aromatic nitrogens is 1. The molecule has 3 rings (SSSR count). The normalized spacial score (nSPS) is 10.3. The van der Waals surface area contributed by atoms with Gasteiger partial charge in [-0.2, -0.15) is 0 Å². The zero-order valence-electron chi connectivity index (χ0n) is 16.2. The standard InChI is InChI=1S/C22H22FN3O3/c1-28-19-8-6-15(12-20(19)29-2)10-11-24-18-7-9-21(25-14-18)26-22(27)16-4-3-5-17(23)13-16/h3-9,12-14,24H,10-11H2,1-2H3,(H,25,26,27). The Hall–Kier alpha value is -3.61. The van der Waals surface area contributed by atoms with Crippen molar-refractivity contribution in [3.05, 3.63) is 77.7 Å². The van der Waals surface area contributed by atoms with Crippen LogP contribution in [0.5, 0.6) is 11.5 Å². The number of ether oxygens (including phenoxy) is 2. The number of nitrogens with one attached hydrogen (secondary N) is 2. The molecular formula is C22H22FN3O3. The molecule has 0 saturated heterocycles.